The van der Waals surface area contributed by atoms with Gasteiger partial charge in [0.2, 0.25) is 8.32 Å². The van der Waals surface area contributed by atoms with Gasteiger partial charge in [0.05, 0.1) is 13.0 Å². The number of carbonyl (C=O) groups excluding carboxylic acids is 1. The first kappa shape index (κ1) is 26.4. The smallest absolute Gasteiger partial charge is 0.309 e. The van der Waals surface area contributed by atoms with Gasteiger partial charge in [0.1, 0.15) is 0 Å². The summed E-state index contributed by atoms with van der Waals surface area (Å²) >= 11 is 0. The van der Waals surface area contributed by atoms with Crippen LogP contribution in [0.1, 0.15) is 107 Å². The van der Waals surface area contributed by atoms with E-state index in [0.717, 1.165) is 24.7 Å². The van der Waals surface area contributed by atoms with Crippen molar-refractivity contribution in [2.24, 2.45) is 34.5 Å². The Morgan fingerprint density at radius 3 is 2.18 bits per heavy atom. The fourth-order valence-electron chi connectivity index (χ4n) is 9.95. The summed E-state index contributed by atoms with van der Waals surface area (Å²) in [5.41, 5.74) is 4.10. The number of allylic oxidation sites excluding steroid dienone is 1. The van der Waals surface area contributed by atoms with Gasteiger partial charge in [-0.2, -0.15) is 0 Å². The Balaban J connectivity index is 1.54. The molecule has 7 atom stereocenters. The molecule has 34 heavy (non-hydrogen) atoms. The lowest BCUT2D eigenvalue weighted by atomic mass is 9.47. The summed E-state index contributed by atoms with van der Waals surface area (Å²) in [6.45, 7) is 19.4. The average Bonchev–Trinajstić information content (AvgIpc) is 3.13. The average molecular weight is 489 g/mol. The highest BCUT2D eigenvalue weighted by molar-refractivity contribution is 6.77. The molecule has 0 aromatic carbocycles. The van der Waals surface area contributed by atoms with Gasteiger partial charge in [0, 0.05) is 6.10 Å². The standard InChI is InChI=1S/C30H52O3Si/c1-19(2)34(20(3)4,21(5)6)33-23-14-16-29(7)22(18-23)10-11-24-25-12-13-27(28(31)32-9)30(25,8)17-15-26(24)29/h10,19-21,23-27H,11-18H2,1-9H3/t23?,24?,25?,26?,27?,29-,30-/m0/s1. The zero-order valence-corrected chi connectivity index (χ0v) is 24.6. The summed E-state index contributed by atoms with van der Waals surface area (Å²) in [4.78, 5) is 12.6. The first-order valence-electron chi connectivity index (χ1n) is 14.4. The molecule has 0 bridgehead atoms. The molecule has 5 unspecified atom stereocenters. The van der Waals surface area contributed by atoms with Crippen LogP contribution >= 0.6 is 0 Å². The molecule has 0 aromatic rings. The number of hydrogen-bond donors (Lipinski definition) is 0. The van der Waals surface area contributed by atoms with Gasteiger partial charge in [0.25, 0.3) is 0 Å². The molecule has 4 aliphatic rings. The van der Waals surface area contributed by atoms with Crippen molar-refractivity contribution >= 4 is 14.3 Å². The van der Waals surface area contributed by atoms with Crippen LogP contribution in [-0.4, -0.2) is 27.5 Å². The second kappa shape index (κ2) is 9.36. The highest BCUT2D eigenvalue weighted by Crippen LogP contribution is 2.66. The van der Waals surface area contributed by atoms with Crippen molar-refractivity contribution in [3.63, 3.8) is 0 Å². The van der Waals surface area contributed by atoms with Crippen molar-refractivity contribution in [2.75, 3.05) is 7.11 Å². The Hall–Kier alpha value is -0.613. The first-order valence-corrected chi connectivity index (χ1v) is 16.5. The maximum Gasteiger partial charge on any atom is 0.309 e. The highest BCUT2D eigenvalue weighted by atomic mass is 28.4. The molecule has 194 valence electrons. The Labute approximate surface area is 211 Å². The van der Waals surface area contributed by atoms with Crippen LogP contribution in [0.2, 0.25) is 16.6 Å². The van der Waals surface area contributed by atoms with E-state index in [4.69, 9.17) is 9.16 Å². The molecular formula is C30H52O3Si. The fourth-order valence-corrected chi connectivity index (χ4v) is 15.5. The summed E-state index contributed by atoms with van der Waals surface area (Å²) in [7, 11) is -0.284. The third kappa shape index (κ3) is 3.88. The van der Waals surface area contributed by atoms with Crippen LogP contribution in [0.5, 0.6) is 0 Å². The van der Waals surface area contributed by atoms with E-state index in [1.54, 1.807) is 12.7 Å². The third-order valence-electron chi connectivity index (χ3n) is 11.6. The van der Waals surface area contributed by atoms with Crippen LogP contribution in [0.15, 0.2) is 11.6 Å². The summed E-state index contributed by atoms with van der Waals surface area (Å²) in [5.74, 6) is 2.31. The van der Waals surface area contributed by atoms with Crippen LogP contribution in [0, 0.1) is 34.5 Å². The van der Waals surface area contributed by atoms with E-state index in [2.05, 4.69) is 61.5 Å². The summed E-state index contributed by atoms with van der Waals surface area (Å²) in [6, 6.07) is 0. The molecule has 0 amide bonds. The summed E-state index contributed by atoms with van der Waals surface area (Å²) in [6.07, 6.45) is 12.6. The number of hydrogen-bond acceptors (Lipinski definition) is 3. The van der Waals surface area contributed by atoms with Crippen molar-refractivity contribution in [3.8, 4) is 0 Å². The van der Waals surface area contributed by atoms with Crippen LogP contribution in [0.25, 0.3) is 0 Å². The maximum atomic E-state index is 12.6. The van der Waals surface area contributed by atoms with Crippen molar-refractivity contribution in [2.45, 2.75) is 129 Å². The molecule has 4 rings (SSSR count). The molecule has 4 aliphatic carbocycles. The monoisotopic (exact) mass is 488 g/mol. The first-order chi connectivity index (χ1) is 15.9. The number of ether oxygens (including phenoxy) is 1. The fraction of sp³-hybridized carbons (Fsp3) is 0.900. The molecule has 3 nitrogen and oxygen atoms in total. The number of methoxy groups -OCH3 is 1. The van der Waals surface area contributed by atoms with Gasteiger partial charge in [-0.1, -0.05) is 67.0 Å². The van der Waals surface area contributed by atoms with E-state index in [1.807, 2.05) is 0 Å². The van der Waals surface area contributed by atoms with E-state index >= 15 is 0 Å². The minimum atomic E-state index is -1.85. The molecule has 3 fully saturated rings. The Morgan fingerprint density at radius 2 is 1.59 bits per heavy atom. The van der Waals surface area contributed by atoms with Gasteiger partial charge in [-0.25, -0.2) is 0 Å². The number of esters is 1. The number of rotatable bonds is 6. The normalized spacial score (nSPS) is 40.1. The predicted octanol–water partition coefficient (Wildman–Crippen LogP) is 8.30. The predicted molar refractivity (Wildman–Crippen MR) is 143 cm³/mol. The minimum absolute atomic E-state index is 0.0347. The van der Waals surface area contributed by atoms with E-state index in [9.17, 15) is 4.79 Å². The summed E-state index contributed by atoms with van der Waals surface area (Å²) in [5, 5.41) is 0. The van der Waals surface area contributed by atoms with Gasteiger partial charge in [-0.15, -0.1) is 0 Å². The molecule has 0 radical (unpaired) electrons. The quantitative estimate of drug-likeness (QED) is 0.214. The Morgan fingerprint density at radius 1 is 0.941 bits per heavy atom. The van der Waals surface area contributed by atoms with Crippen molar-refractivity contribution in [1.29, 1.82) is 0 Å². The third-order valence-corrected chi connectivity index (χ3v) is 17.8. The van der Waals surface area contributed by atoms with E-state index in [0.29, 0.717) is 34.1 Å². The van der Waals surface area contributed by atoms with E-state index in [1.165, 1.54) is 38.5 Å². The van der Waals surface area contributed by atoms with Crippen molar-refractivity contribution < 1.29 is 14.0 Å². The second-order valence-electron chi connectivity index (χ2n) is 13.8. The minimum Gasteiger partial charge on any atom is -0.469 e. The lowest BCUT2D eigenvalue weighted by molar-refractivity contribution is -0.152. The van der Waals surface area contributed by atoms with Crippen molar-refractivity contribution in [3.05, 3.63) is 11.6 Å². The topological polar surface area (TPSA) is 35.5 Å². The van der Waals surface area contributed by atoms with Gasteiger partial charge < -0.3 is 9.16 Å². The van der Waals surface area contributed by atoms with Crippen LogP contribution < -0.4 is 0 Å². The zero-order chi connectivity index (χ0) is 25.1. The van der Waals surface area contributed by atoms with Gasteiger partial charge in [-0.05, 0) is 96.6 Å². The highest BCUT2D eigenvalue weighted by Gasteiger charge is 2.60. The Kier molecular flexibility index (Phi) is 7.28. The van der Waals surface area contributed by atoms with Crippen LogP contribution in [-0.2, 0) is 14.0 Å². The molecule has 3 saturated carbocycles. The zero-order valence-electron chi connectivity index (χ0n) is 23.6. The van der Waals surface area contributed by atoms with Crippen LogP contribution in [0.3, 0.4) is 0 Å². The molecule has 0 aromatic heterocycles. The molecule has 0 N–H and O–H groups in total. The second-order valence-corrected chi connectivity index (χ2v) is 19.2. The molecule has 0 saturated heterocycles. The largest absolute Gasteiger partial charge is 0.469 e. The van der Waals surface area contributed by atoms with E-state index in [-0.39, 0.29) is 17.3 Å². The van der Waals surface area contributed by atoms with Crippen molar-refractivity contribution in [1.82, 2.24) is 0 Å². The van der Waals surface area contributed by atoms with Gasteiger partial charge in [0.15, 0.2) is 0 Å². The Bertz CT molecular complexity index is 779. The van der Waals surface area contributed by atoms with Gasteiger partial charge >= 0.3 is 5.97 Å². The SMILES string of the molecule is COC(=O)C1CCC2C3CC=C4CC(O[Si](C(C)C)(C(C)C)C(C)C)CC[C@]4(C)C3CC[C@]12C. The lowest BCUT2D eigenvalue weighted by Crippen LogP contribution is -2.53. The molecular weight excluding hydrogens is 436 g/mol. The molecule has 4 heteroatoms. The molecule has 0 aliphatic heterocycles. The molecule has 0 spiro atoms. The van der Waals surface area contributed by atoms with Gasteiger partial charge in [-0.3, -0.25) is 4.79 Å². The van der Waals surface area contributed by atoms with E-state index < -0.39 is 8.32 Å². The summed E-state index contributed by atoms with van der Waals surface area (Å²) < 4.78 is 12.5. The maximum absolute atomic E-state index is 12.6. The molecule has 0 heterocycles. The van der Waals surface area contributed by atoms with Crippen LogP contribution in [0.4, 0.5) is 0 Å². The number of fused-ring (bicyclic) bond motifs is 5. The lowest BCUT2D eigenvalue weighted by Gasteiger charge is -2.58. The number of carbonyl (C=O) groups is 1.